The number of ether oxygens (including phenoxy) is 1. The lowest BCUT2D eigenvalue weighted by Crippen LogP contribution is -2.52. The molecule has 0 spiro atoms. The monoisotopic (exact) mass is 356 g/mol. The van der Waals surface area contributed by atoms with Gasteiger partial charge in [0, 0.05) is 36.7 Å². The molecule has 2 aliphatic rings. The van der Waals surface area contributed by atoms with E-state index in [-0.39, 0.29) is 30.3 Å². The number of nitrogens with zero attached hydrogens (tertiary/aromatic N) is 2. The van der Waals surface area contributed by atoms with E-state index in [1.165, 1.54) is 12.3 Å². The van der Waals surface area contributed by atoms with Crippen molar-refractivity contribution in [2.75, 3.05) is 0 Å². The number of aliphatic hydroxyl groups is 1. The third kappa shape index (κ3) is 3.05. The molecule has 2 aromatic rings. The maximum atomic E-state index is 14.1. The molecule has 2 fully saturated rings. The Morgan fingerprint density at radius 2 is 1.92 bits per heavy atom. The van der Waals surface area contributed by atoms with Gasteiger partial charge in [0.05, 0.1) is 11.8 Å². The van der Waals surface area contributed by atoms with Gasteiger partial charge in [-0.05, 0) is 24.5 Å². The highest BCUT2D eigenvalue weighted by molar-refractivity contribution is 5.69. The number of benzene rings is 1. The van der Waals surface area contributed by atoms with E-state index < -0.39 is 11.4 Å². The van der Waals surface area contributed by atoms with Gasteiger partial charge in [-0.1, -0.05) is 30.3 Å². The van der Waals surface area contributed by atoms with Crippen molar-refractivity contribution in [2.24, 2.45) is 0 Å². The summed E-state index contributed by atoms with van der Waals surface area (Å²) in [5.74, 6) is -0.505. The van der Waals surface area contributed by atoms with Crippen molar-refractivity contribution in [3.63, 3.8) is 0 Å². The van der Waals surface area contributed by atoms with E-state index in [0.717, 1.165) is 24.6 Å². The smallest absolute Gasteiger partial charge is 0.410 e. The maximum Gasteiger partial charge on any atom is 0.410 e. The van der Waals surface area contributed by atoms with Crippen molar-refractivity contribution in [3.05, 3.63) is 65.7 Å². The molecule has 0 aliphatic carbocycles. The maximum absolute atomic E-state index is 14.1. The minimum atomic E-state index is -1.27. The molecule has 1 aromatic heterocycles. The highest BCUT2D eigenvalue weighted by Gasteiger charge is 2.51. The fourth-order valence-corrected chi connectivity index (χ4v) is 4.29. The highest BCUT2D eigenvalue weighted by Crippen LogP contribution is 2.46. The Morgan fingerprint density at radius 1 is 1.23 bits per heavy atom. The third-order valence-corrected chi connectivity index (χ3v) is 5.46. The first kappa shape index (κ1) is 17.0. The van der Waals surface area contributed by atoms with Crippen LogP contribution < -0.4 is 0 Å². The van der Waals surface area contributed by atoms with E-state index in [9.17, 15) is 14.3 Å². The van der Waals surface area contributed by atoms with E-state index in [1.54, 1.807) is 4.90 Å². The summed E-state index contributed by atoms with van der Waals surface area (Å²) in [5, 5.41) is 11.1. The Morgan fingerprint density at radius 3 is 2.58 bits per heavy atom. The number of carbonyl (C=O) groups is 1. The van der Waals surface area contributed by atoms with Crippen molar-refractivity contribution in [1.82, 2.24) is 9.88 Å². The minimum Gasteiger partial charge on any atom is -0.445 e. The summed E-state index contributed by atoms with van der Waals surface area (Å²) < 4.78 is 19.6. The fourth-order valence-electron chi connectivity index (χ4n) is 4.29. The molecule has 2 saturated heterocycles. The Labute approximate surface area is 151 Å². The van der Waals surface area contributed by atoms with Gasteiger partial charge < -0.3 is 14.7 Å². The third-order valence-electron chi connectivity index (χ3n) is 5.46. The number of hydrogen-bond acceptors (Lipinski definition) is 4. The van der Waals surface area contributed by atoms with Crippen LogP contribution >= 0.6 is 0 Å². The summed E-state index contributed by atoms with van der Waals surface area (Å²) in [6, 6.07) is 10.8. The first-order chi connectivity index (χ1) is 12.6. The lowest BCUT2D eigenvalue weighted by Gasteiger charge is -2.43. The number of pyridine rings is 1. The number of halogens is 1. The average Bonchev–Trinajstić information content (AvgIpc) is 2.93. The number of piperidine rings is 1. The highest BCUT2D eigenvalue weighted by atomic mass is 19.1. The lowest BCUT2D eigenvalue weighted by molar-refractivity contribution is -0.0557. The quantitative estimate of drug-likeness (QED) is 0.916. The fraction of sp³-hybridized carbons (Fsp3) is 0.400. The molecule has 2 aliphatic heterocycles. The molecule has 1 N–H and O–H groups in total. The molecule has 2 atom stereocenters. The molecule has 2 bridgehead atoms. The summed E-state index contributed by atoms with van der Waals surface area (Å²) in [5.41, 5.74) is -0.0722. The van der Waals surface area contributed by atoms with Crippen molar-refractivity contribution >= 4 is 6.09 Å². The molecule has 136 valence electrons. The number of fused-ring (bicyclic) bond motifs is 2. The first-order valence-corrected chi connectivity index (χ1v) is 8.88. The van der Waals surface area contributed by atoms with Crippen molar-refractivity contribution in [1.29, 1.82) is 0 Å². The van der Waals surface area contributed by atoms with Gasteiger partial charge >= 0.3 is 6.09 Å². The number of rotatable bonds is 3. The van der Waals surface area contributed by atoms with E-state index in [2.05, 4.69) is 4.98 Å². The van der Waals surface area contributed by atoms with Crippen LogP contribution in [-0.2, 0) is 16.9 Å². The van der Waals surface area contributed by atoms with E-state index in [0.29, 0.717) is 12.8 Å². The zero-order chi connectivity index (χ0) is 18.1. The Kier molecular flexibility index (Phi) is 4.36. The largest absolute Gasteiger partial charge is 0.445 e. The molecule has 26 heavy (non-hydrogen) atoms. The van der Waals surface area contributed by atoms with Crippen LogP contribution in [0.25, 0.3) is 0 Å². The minimum absolute atomic E-state index is 0.144. The van der Waals surface area contributed by atoms with Gasteiger partial charge in [-0.2, -0.15) is 0 Å². The summed E-state index contributed by atoms with van der Waals surface area (Å²) in [6.07, 6.45) is 4.45. The summed E-state index contributed by atoms with van der Waals surface area (Å²) in [6.45, 7) is 0.221. The van der Waals surface area contributed by atoms with Crippen LogP contribution in [0, 0.1) is 5.82 Å². The van der Waals surface area contributed by atoms with Gasteiger partial charge in [-0.15, -0.1) is 0 Å². The van der Waals surface area contributed by atoms with Gasteiger partial charge in [0.1, 0.15) is 12.4 Å². The van der Waals surface area contributed by atoms with Gasteiger partial charge in [-0.3, -0.25) is 4.98 Å². The van der Waals surface area contributed by atoms with Crippen molar-refractivity contribution in [3.8, 4) is 0 Å². The second kappa shape index (κ2) is 6.68. The van der Waals surface area contributed by atoms with Crippen molar-refractivity contribution < 1.29 is 19.0 Å². The Bertz CT molecular complexity index is 785. The van der Waals surface area contributed by atoms with Crippen LogP contribution in [0.5, 0.6) is 0 Å². The number of amides is 1. The molecule has 1 aromatic carbocycles. The van der Waals surface area contributed by atoms with Gasteiger partial charge in [-0.25, -0.2) is 9.18 Å². The number of hydrogen-bond donors (Lipinski definition) is 1. The zero-order valence-corrected chi connectivity index (χ0v) is 14.3. The molecule has 4 rings (SSSR count). The van der Waals surface area contributed by atoms with E-state index in [1.807, 2.05) is 30.3 Å². The van der Waals surface area contributed by atoms with Gasteiger partial charge in [0.15, 0.2) is 0 Å². The molecule has 1 amide bonds. The first-order valence-electron chi connectivity index (χ1n) is 8.88. The van der Waals surface area contributed by atoms with E-state index in [4.69, 9.17) is 4.74 Å². The molecular weight excluding hydrogens is 335 g/mol. The Hall–Kier alpha value is -2.47. The van der Waals surface area contributed by atoms with Gasteiger partial charge in [0.25, 0.3) is 0 Å². The van der Waals surface area contributed by atoms with Crippen LogP contribution in [0.1, 0.15) is 36.8 Å². The topological polar surface area (TPSA) is 62.7 Å². The standard InChI is InChI=1S/C20H21FN2O3/c21-18-12-22-9-8-17(18)20(25)10-15-6-7-16(11-20)23(15)19(24)26-13-14-4-2-1-3-5-14/h1-5,8-9,12,15-16,25H,6-7,10-11,13H2. The van der Waals surface area contributed by atoms with Crippen LogP contribution in [-0.4, -0.2) is 33.2 Å². The predicted molar refractivity (Wildman–Crippen MR) is 92.6 cm³/mol. The average molecular weight is 356 g/mol. The summed E-state index contributed by atoms with van der Waals surface area (Å²) >= 11 is 0. The second-order valence-corrected chi connectivity index (χ2v) is 7.13. The van der Waals surface area contributed by atoms with E-state index >= 15 is 0 Å². The molecule has 0 radical (unpaired) electrons. The molecule has 3 heterocycles. The second-order valence-electron chi connectivity index (χ2n) is 7.13. The SMILES string of the molecule is O=C(OCc1ccccc1)N1C2CCC1CC(O)(c1ccncc1F)C2. The molecular formula is C20H21FN2O3. The zero-order valence-electron chi connectivity index (χ0n) is 14.3. The molecule has 0 saturated carbocycles. The Balaban J connectivity index is 1.47. The molecule has 6 heteroatoms. The normalized spacial score (nSPS) is 27.4. The molecule has 5 nitrogen and oxygen atoms in total. The predicted octanol–water partition coefficient (Wildman–Crippen LogP) is 3.37. The van der Waals surface area contributed by atoms with Crippen LogP contribution in [0.15, 0.2) is 48.8 Å². The summed E-state index contributed by atoms with van der Waals surface area (Å²) in [7, 11) is 0. The van der Waals surface area contributed by atoms with Crippen LogP contribution in [0.4, 0.5) is 9.18 Å². The lowest BCUT2D eigenvalue weighted by atomic mass is 9.81. The summed E-state index contributed by atoms with van der Waals surface area (Å²) in [4.78, 5) is 18.1. The van der Waals surface area contributed by atoms with Gasteiger partial charge in [0.2, 0.25) is 0 Å². The van der Waals surface area contributed by atoms with Crippen LogP contribution in [0.2, 0.25) is 0 Å². The number of aromatic nitrogens is 1. The number of carbonyl (C=O) groups excluding carboxylic acids is 1. The molecule has 2 unspecified atom stereocenters. The van der Waals surface area contributed by atoms with Crippen molar-refractivity contribution in [2.45, 2.75) is 50.0 Å². The van der Waals surface area contributed by atoms with Crippen LogP contribution in [0.3, 0.4) is 0 Å².